The summed E-state index contributed by atoms with van der Waals surface area (Å²) in [6.45, 7) is 0.300. The molecule has 280 valence electrons. The molecule has 3 fully saturated rings. The number of carbonyl (C=O) groups excluding carboxylic acids is 4. The van der Waals surface area contributed by atoms with Crippen LogP contribution in [0.2, 0.25) is 0 Å². The predicted molar refractivity (Wildman–Crippen MR) is 199 cm³/mol. The fraction of sp³-hybridized carbons (Fsp3) is 0.333. The Morgan fingerprint density at radius 2 is 1.98 bits per heavy atom. The minimum absolute atomic E-state index is 0.0356. The maximum atomic E-state index is 13.9. The van der Waals surface area contributed by atoms with Gasteiger partial charge in [0, 0.05) is 59.7 Å². The third-order valence-corrected chi connectivity index (χ3v) is 11.5. The molecule has 5 heterocycles. The van der Waals surface area contributed by atoms with Crippen molar-refractivity contribution in [3.63, 3.8) is 0 Å². The Balaban J connectivity index is 1.21. The fourth-order valence-corrected chi connectivity index (χ4v) is 9.00. The van der Waals surface area contributed by atoms with Crippen LogP contribution in [0.4, 0.5) is 10.8 Å². The number of pyridine rings is 1. The highest BCUT2D eigenvalue weighted by Gasteiger charge is 2.55. The molecule has 3 atom stereocenters. The number of phenols is 1. The number of thioether (sulfide) groups is 1. The van der Waals surface area contributed by atoms with Crippen molar-refractivity contribution in [2.75, 3.05) is 23.3 Å². The number of allylic oxidation sites excluding steroid dienone is 1. The van der Waals surface area contributed by atoms with E-state index in [9.17, 15) is 34.2 Å². The van der Waals surface area contributed by atoms with Gasteiger partial charge in [0.2, 0.25) is 11.8 Å². The van der Waals surface area contributed by atoms with E-state index in [4.69, 9.17) is 10.6 Å². The first kappa shape index (κ1) is 36.6. The number of rotatable bonds is 12. The van der Waals surface area contributed by atoms with Crippen molar-refractivity contribution < 1.29 is 39.0 Å². The van der Waals surface area contributed by atoms with Gasteiger partial charge in [-0.3, -0.25) is 29.1 Å². The van der Waals surface area contributed by atoms with Crippen LogP contribution in [0.3, 0.4) is 0 Å². The first-order valence-electron chi connectivity index (χ1n) is 17.3. The monoisotopic (exact) mass is 772 g/mol. The van der Waals surface area contributed by atoms with E-state index in [0.29, 0.717) is 28.9 Å². The number of nitrogens with one attached hydrogen (secondary N) is 3. The Labute approximate surface area is 316 Å². The molecule has 1 aromatic carbocycles. The van der Waals surface area contributed by atoms with Crippen molar-refractivity contribution in [2.45, 2.75) is 62.0 Å². The Hall–Kier alpha value is -5.75. The minimum atomic E-state index is -1.41. The second kappa shape index (κ2) is 15.7. The molecule has 1 saturated carbocycles. The average molecular weight is 773 g/mol. The van der Waals surface area contributed by atoms with E-state index in [0.717, 1.165) is 41.9 Å². The maximum Gasteiger partial charge on any atom is 0.352 e. The highest BCUT2D eigenvalue weighted by molar-refractivity contribution is 8.00. The van der Waals surface area contributed by atoms with Gasteiger partial charge in [0.1, 0.15) is 34.7 Å². The number of aliphatic carboxylic acids is 1. The molecule has 2 aromatic heterocycles. The number of oxime groups is 1. The molecule has 18 heteroatoms. The summed E-state index contributed by atoms with van der Waals surface area (Å²) in [4.78, 5) is 82.9. The number of aromatic hydroxyl groups is 1. The molecule has 54 heavy (non-hydrogen) atoms. The molecule has 16 nitrogen and oxygen atoms in total. The number of benzene rings is 1. The van der Waals surface area contributed by atoms with E-state index >= 15 is 0 Å². The van der Waals surface area contributed by atoms with Gasteiger partial charge in [-0.1, -0.05) is 17.3 Å². The van der Waals surface area contributed by atoms with Crippen molar-refractivity contribution in [3.05, 3.63) is 87.8 Å². The van der Waals surface area contributed by atoms with Crippen molar-refractivity contribution in [3.8, 4) is 5.75 Å². The van der Waals surface area contributed by atoms with Crippen molar-refractivity contribution in [1.82, 2.24) is 25.5 Å². The van der Waals surface area contributed by atoms with E-state index in [-0.39, 0.29) is 58.3 Å². The number of phenolic OH excluding ortho intramolecular Hbond substituents is 1. The quantitative estimate of drug-likeness (QED) is 0.0675. The van der Waals surface area contributed by atoms with Crippen molar-refractivity contribution in [1.29, 1.82) is 0 Å². The zero-order valence-corrected chi connectivity index (χ0v) is 30.3. The van der Waals surface area contributed by atoms with E-state index in [1.807, 2.05) is 0 Å². The molecule has 7 N–H and O–H groups in total. The Bertz CT molecular complexity index is 2100. The summed E-state index contributed by atoms with van der Waals surface area (Å²) >= 11 is 2.34. The number of carboxylic acid groups (broad SMARTS) is 1. The number of hydrogen-bond acceptors (Lipinski definition) is 13. The number of amides is 4. The largest absolute Gasteiger partial charge is 0.508 e. The smallest absolute Gasteiger partial charge is 0.352 e. The van der Waals surface area contributed by atoms with Gasteiger partial charge in [-0.25, -0.2) is 9.78 Å². The number of aromatic nitrogens is 2. The summed E-state index contributed by atoms with van der Waals surface area (Å²) in [6.07, 6.45) is 6.53. The minimum Gasteiger partial charge on any atom is -0.508 e. The summed E-state index contributed by atoms with van der Waals surface area (Å²) in [5.74, 6) is -4.57. The molecule has 4 aliphatic rings. The summed E-state index contributed by atoms with van der Waals surface area (Å²) in [7, 11) is 0. The van der Waals surface area contributed by atoms with Crippen LogP contribution in [0.1, 0.15) is 55.7 Å². The van der Waals surface area contributed by atoms with Crippen LogP contribution in [0.15, 0.2) is 81.7 Å². The Morgan fingerprint density at radius 1 is 1.17 bits per heavy atom. The number of carbonyl (C=O) groups is 5. The fourth-order valence-electron chi connectivity index (χ4n) is 7.09. The summed E-state index contributed by atoms with van der Waals surface area (Å²) in [5.41, 5.74) is 7.22. The molecular weight excluding hydrogens is 737 g/mol. The highest BCUT2D eigenvalue weighted by Crippen LogP contribution is 2.47. The Morgan fingerprint density at radius 3 is 2.65 bits per heavy atom. The lowest BCUT2D eigenvalue weighted by Crippen LogP contribution is -2.71. The number of nitrogens with two attached hydrogens (primary N) is 1. The molecule has 0 bridgehead atoms. The lowest BCUT2D eigenvalue weighted by molar-refractivity contribution is -0.150. The van der Waals surface area contributed by atoms with Crippen LogP contribution < -0.4 is 21.7 Å². The zero-order valence-electron chi connectivity index (χ0n) is 28.7. The molecular formula is C36H36N8O8S2. The van der Waals surface area contributed by atoms with E-state index in [2.05, 4.69) is 31.1 Å². The molecule has 2 saturated heterocycles. The summed E-state index contributed by atoms with van der Waals surface area (Å²) in [6, 6.07) is 8.33. The Kier molecular flexibility index (Phi) is 10.6. The van der Waals surface area contributed by atoms with Crippen LogP contribution in [0.5, 0.6) is 5.75 Å². The van der Waals surface area contributed by atoms with Gasteiger partial charge < -0.3 is 36.7 Å². The predicted octanol–water partition coefficient (Wildman–Crippen LogP) is 2.86. The molecule has 1 aliphatic carbocycles. The highest BCUT2D eigenvalue weighted by atomic mass is 32.2. The molecule has 3 aromatic rings. The summed E-state index contributed by atoms with van der Waals surface area (Å²) in [5, 5.41) is 34.0. The van der Waals surface area contributed by atoms with Crippen LogP contribution in [0.25, 0.3) is 0 Å². The number of β-lactam (4-membered cyclic amide) rings is 1. The topological polar surface area (TPSA) is 239 Å². The molecule has 0 spiro atoms. The zero-order chi connectivity index (χ0) is 37.9. The normalized spacial score (nSPS) is 21.6. The molecule has 1 unspecified atom stereocenters. The number of nitrogens with zero attached hydrogens (tertiary/aromatic N) is 4. The third kappa shape index (κ3) is 7.52. The van der Waals surface area contributed by atoms with Crippen LogP contribution in [0, 0.1) is 0 Å². The van der Waals surface area contributed by atoms with Crippen LogP contribution >= 0.6 is 23.1 Å². The van der Waals surface area contributed by atoms with Crippen LogP contribution in [-0.2, 0) is 28.8 Å². The van der Waals surface area contributed by atoms with Gasteiger partial charge in [-0.2, -0.15) is 0 Å². The van der Waals surface area contributed by atoms with E-state index in [1.54, 1.807) is 42.0 Å². The van der Waals surface area contributed by atoms with Gasteiger partial charge in [0.15, 0.2) is 10.8 Å². The van der Waals surface area contributed by atoms with E-state index in [1.165, 1.54) is 23.9 Å². The second-order valence-corrected chi connectivity index (χ2v) is 15.1. The van der Waals surface area contributed by atoms with Gasteiger partial charge in [-0.05, 0) is 67.0 Å². The van der Waals surface area contributed by atoms with Gasteiger partial charge in [-0.15, -0.1) is 23.1 Å². The number of carboxylic acids is 1. The number of anilines is 2. The molecule has 0 radical (unpaired) electrons. The first-order chi connectivity index (χ1) is 26.1. The van der Waals surface area contributed by atoms with Crippen molar-refractivity contribution >= 4 is 69.2 Å². The SMILES string of the molecule is Nc1nc(C(=NOC2CCCC2)C(=O)N[C@@H]2C(=O)N3C(C(=O)O)=C(C(=C4CCNC4=O)C(CC(=O)Nc4cccc(O)c4)c4cccnc4)CS[C@H]23)cs1. The molecule has 7 rings (SSSR count). The van der Waals surface area contributed by atoms with Gasteiger partial charge >= 0.3 is 5.97 Å². The second-order valence-electron chi connectivity index (χ2n) is 13.1. The number of nitrogen functional groups attached to an aromatic ring is 1. The van der Waals surface area contributed by atoms with Gasteiger partial charge in [0.25, 0.3) is 11.8 Å². The molecule has 4 amide bonds. The average Bonchev–Trinajstić information content (AvgIpc) is 3.94. The first-order valence-corrected chi connectivity index (χ1v) is 19.2. The number of hydrogen-bond donors (Lipinski definition) is 6. The number of fused-ring (bicyclic) bond motifs is 1. The third-order valence-electron chi connectivity index (χ3n) is 9.57. The lowest BCUT2D eigenvalue weighted by atomic mass is 9.80. The number of thiazole rings is 1. The molecule has 3 aliphatic heterocycles. The van der Waals surface area contributed by atoms with Crippen LogP contribution in [-0.4, -0.2) is 90.2 Å². The van der Waals surface area contributed by atoms with Crippen molar-refractivity contribution in [2.24, 2.45) is 5.16 Å². The summed E-state index contributed by atoms with van der Waals surface area (Å²) < 4.78 is 0. The lowest BCUT2D eigenvalue weighted by Gasteiger charge is -2.50. The maximum absolute atomic E-state index is 13.9. The van der Waals surface area contributed by atoms with Gasteiger partial charge in [0.05, 0.1) is 0 Å². The standard InChI is InChI=1S/C36H36N8O8S2/c37-36-41-25(17-54-36)28(43-52-21-8-1-2-9-21)32(48)42-29-33(49)44-30(35(50)51)24(16-53-34(29)44)27(22-10-12-39-31(22)47)23(18-5-4-11-38-15-18)14-26(46)40-19-6-3-7-20(45)13-19/h3-7,11,13,15,17,21,23,29,34,45H,1-2,8-10,12,14,16H2,(H2,37,41)(H,39,47)(H,40,46)(H,42,48)(H,50,51)/t23?,29-,34-/m1/s1. The van der Waals surface area contributed by atoms with E-state index < -0.39 is 46.9 Å².